The summed E-state index contributed by atoms with van der Waals surface area (Å²) in [5.41, 5.74) is 5.33. The first-order valence-corrected chi connectivity index (χ1v) is 9.40. The molecule has 3 N–H and O–H groups in total. The summed E-state index contributed by atoms with van der Waals surface area (Å²) in [7, 11) is -3.75. The lowest BCUT2D eigenvalue weighted by atomic mass is 10.1. The standard InChI is InChI=1S/C16H23N3O6S/c1-5-19(6-2)26(23,24)12-8-7-10(3)13(9-12)15(21)25-11(4)14(20)18-16(17)22/h7-9,11H,5-6H2,1-4H3,(H3,17,18,20,22)/t11-/m1/s1. The van der Waals surface area contributed by atoms with Gasteiger partial charge < -0.3 is 10.5 Å². The maximum absolute atomic E-state index is 12.6. The van der Waals surface area contributed by atoms with Gasteiger partial charge in [0.05, 0.1) is 10.5 Å². The van der Waals surface area contributed by atoms with E-state index >= 15 is 0 Å². The smallest absolute Gasteiger partial charge is 0.339 e. The Morgan fingerprint density at radius 1 is 1.23 bits per heavy atom. The van der Waals surface area contributed by atoms with Crippen LogP contribution in [0.15, 0.2) is 23.1 Å². The number of carbonyl (C=O) groups is 3. The molecule has 0 aliphatic heterocycles. The van der Waals surface area contributed by atoms with E-state index < -0.39 is 34.0 Å². The Morgan fingerprint density at radius 2 is 1.81 bits per heavy atom. The van der Waals surface area contributed by atoms with E-state index in [1.807, 2.05) is 0 Å². The number of carbonyl (C=O) groups excluding carboxylic acids is 3. The summed E-state index contributed by atoms with van der Waals surface area (Å²) in [5.74, 6) is -1.76. The van der Waals surface area contributed by atoms with Gasteiger partial charge in [0.15, 0.2) is 6.10 Å². The molecule has 0 aromatic heterocycles. The fourth-order valence-corrected chi connectivity index (χ4v) is 3.68. The maximum Gasteiger partial charge on any atom is 0.339 e. The number of nitrogens with two attached hydrogens (primary N) is 1. The first-order chi connectivity index (χ1) is 12.0. The Kier molecular flexibility index (Phi) is 7.28. The number of nitrogens with zero attached hydrogens (tertiary/aromatic N) is 1. The summed E-state index contributed by atoms with van der Waals surface area (Å²) in [6.45, 7) is 6.88. The average molecular weight is 385 g/mol. The van der Waals surface area contributed by atoms with E-state index in [-0.39, 0.29) is 23.5 Å². The number of urea groups is 1. The SMILES string of the molecule is CCN(CC)S(=O)(=O)c1ccc(C)c(C(=O)O[C@H](C)C(=O)NC(N)=O)c1. The summed E-state index contributed by atoms with van der Waals surface area (Å²) in [6.07, 6.45) is -1.28. The molecule has 0 unspecified atom stereocenters. The molecule has 10 heteroatoms. The van der Waals surface area contributed by atoms with Crippen molar-refractivity contribution in [2.24, 2.45) is 5.73 Å². The monoisotopic (exact) mass is 385 g/mol. The van der Waals surface area contributed by atoms with Crippen LogP contribution in [0.2, 0.25) is 0 Å². The highest BCUT2D eigenvalue weighted by Gasteiger charge is 2.25. The van der Waals surface area contributed by atoms with Crippen LogP contribution in [0.5, 0.6) is 0 Å². The number of hydrogen-bond acceptors (Lipinski definition) is 6. The summed E-state index contributed by atoms with van der Waals surface area (Å²) < 4.78 is 31.4. The summed E-state index contributed by atoms with van der Waals surface area (Å²) in [6, 6.07) is 3.04. The van der Waals surface area contributed by atoms with Crippen LogP contribution in [0.25, 0.3) is 0 Å². The van der Waals surface area contributed by atoms with Crippen molar-refractivity contribution in [1.29, 1.82) is 0 Å². The van der Waals surface area contributed by atoms with E-state index in [9.17, 15) is 22.8 Å². The number of sulfonamides is 1. The molecule has 0 bridgehead atoms. The van der Waals surface area contributed by atoms with Crippen LogP contribution in [0.3, 0.4) is 0 Å². The van der Waals surface area contributed by atoms with Crippen molar-refractivity contribution in [3.8, 4) is 0 Å². The van der Waals surface area contributed by atoms with E-state index in [1.54, 1.807) is 26.1 Å². The largest absolute Gasteiger partial charge is 0.449 e. The van der Waals surface area contributed by atoms with Crippen LogP contribution in [-0.2, 0) is 19.6 Å². The molecule has 0 saturated carbocycles. The zero-order valence-electron chi connectivity index (χ0n) is 15.1. The molecule has 1 rings (SSSR count). The zero-order valence-corrected chi connectivity index (χ0v) is 15.9. The molecule has 0 aliphatic carbocycles. The average Bonchev–Trinajstić information content (AvgIpc) is 2.55. The molecule has 0 aliphatic rings. The third kappa shape index (κ3) is 5.02. The molecule has 3 amide bonds. The van der Waals surface area contributed by atoms with Crippen LogP contribution in [0.1, 0.15) is 36.7 Å². The van der Waals surface area contributed by atoms with Gasteiger partial charge in [-0.3, -0.25) is 10.1 Å². The topological polar surface area (TPSA) is 136 Å². The number of primary amides is 1. The van der Waals surface area contributed by atoms with E-state index in [4.69, 9.17) is 10.5 Å². The minimum atomic E-state index is -3.75. The second-order valence-electron chi connectivity index (χ2n) is 5.47. The van der Waals surface area contributed by atoms with Crippen molar-refractivity contribution >= 4 is 27.9 Å². The third-order valence-corrected chi connectivity index (χ3v) is 5.72. The lowest BCUT2D eigenvalue weighted by Gasteiger charge is -2.19. The lowest BCUT2D eigenvalue weighted by molar-refractivity contribution is -0.127. The Labute approximate surface area is 152 Å². The molecular formula is C16H23N3O6S. The minimum absolute atomic E-state index is 0.0111. The number of nitrogens with one attached hydrogen (secondary N) is 1. The van der Waals surface area contributed by atoms with Crippen LogP contribution in [-0.4, -0.2) is 49.8 Å². The highest BCUT2D eigenvalue weighted by Crippen LogP contribution is 2.20. The van der Waals surface area contributed by atoms with E-state index in [0.717, 1.165) is 0 Å². The van der Waals surface area contributed by atoms with Gasteiger partial charge in [-0.05, 0) is 31.5 Å². The van der Waals surface area contributed by atoms with Gasteiger partial charge in [0.25, 0.3) is 5.91 Å². The maximum atomic E-state index is 12.6. The second-order valence-corrected chi connectivity index (χ2v) is 7.41. The Hall–Kier alpha value is -2.46. The number of benzene rings is 1. The van der Waals surface area contributed by atoms with Gasteiger partial charge in [0.1, 0.15) is 0 Å². The van der Waals surface area contributed by atoms with Crippen molar-refractivity contribution in [1.82, 2.24) is 9.62 Å². The quantitative estimate of drug-likeness (QED) is 0.665. The van der Waals surface area contributed by atoms with Gasteiger partial charge in [-0.2, -0.15) is 4.31 Å². The molecule has 26 heavy (non-hydrogen) atoms. The van der Waals surface area contributed by atoms with Crippen molar-refractivity contribution in [2.45, 2.75) is 38.7 Å². The van der Waals surface area contributed by atoms with Gasteiger partial charge in [-0.15, -0.1) is 0 Å². The third-order valence-electron chi connectivity index (χ3n) is 3.67. The number of esters is 1. The molecule has 9 nitrogen and oxygen atoms in total. The van der Waals surface area contributed by atoms with E-state index in [2.05, 4.69) is 0 Å². The van der Waals surface area contributed by atoms with E-state index in [1.165, 1.54) is 29.4 Å². The highest BCUT2D eigenvalue weighted by atomic mass is 32.2. The molecule has 1 atom stereocenters. The highest BCUT2D eigenvalue weighted by molar-refractivity contribution is 7.89. The van der Waals surface area contributed by atoms with Gasteiger partial charge in [0, 0.05) is 13.1 Å². The normalized spacial score (nSPS) is 12.5. The number of hydrogen-bond donors (Lipinski definition) is 2. The van der Waals surface area contributed by atoms with E-state index in [0.29, 0.717) is 5.56 Å². The van der Waals surface area contributed by atoms with Crippen molar-refractivity contribution in [3.05, 3.63) is 29.3 Å². The summed E-state index contributed by atoms with van der Waals surface area (Å²) in [5, 5.41) is 1.80. The van der Waals surface area contributed by atoms with Crippen LogP contribution in [0.4, 0.5) is 4.79 Å². The number of imide groups is 1. The Bertz CT molecular complexity index is 802. The Balaban J connectivity index is 3.12. The summed E-state index contributed by atoms with van der Waals surface area (Å²) in [4.78, 5) is 34.6. The second kappa shape index (κ2) is 8.77. The van der Waals surface area contributed by atoms with Crippen molar-refractivity contribution < 1.29 is 27.5 Å². The van der Waals surface area contributed by atoms with Gasteiger partial charge in [-0.25, -0.2) is 18.0 Å². The van der Waals surface area contributed by atoms with Crippen LogP contribution < -0.4 is 11.1 Å². The fraction of sp³-hybridized carbons (Fsp3) is 0.438. The molecule has 0 spiro atoms. The minimum Gasteiger partial charge on any atom is -0.449 e. The van der Waals surface area contributed by atoms with Crippen molar-refractivity contribution in [2.75, 3.05) is 13.1 Å². The fourth-order valence-electron chi connectivity index (χ4n) is 2.19. The molecule has 0 radical (unpaired) electrons. The zero-order chi connectivity index (χ0) is 20.1. The molecule has 1 aromatic carbocycles. The molecule has 0 fully saturated rings. The van der Waals surface area contributed by atoms with Gasteiger partial charge in [-0.1, -0.05) is 19.9 Å². The number of aryl methyl sites for hydroxylation is 1. The Morgan fingerprint density at radius 3 is 2.31 bits per heavy atom. The number of ether oxygens (including phenoxy) is 1. The summed E-state index contributed by atoms with van der Waals surface area (Å²) >= 11 is 0. The predicted octanol–water partition coefficient (Wildman–Crippen LogP) is 0.766. The number of rotatable bonds is 7. The molecule has 0 saturated heterocycles. The van der Waals surface area contributed by atoms with Gasteiger partial charge >= 0.3 is 12.0 Å². The molecule has 0 heterocycles. The van der Waals surface area contributed by atoms with Crippen molar-refractivity contribution in [3.63, 3.8) is 0 Å². The first kappa shape index (κ1) is 21.6. The molecule has 1 aromatic rings. The predicted molar refractivity (Wildman–Crippen MR) is 93.9 cm³/mol. The van der Waals surface area contributed by atoms with Gasteiger partial charge in [0.2, 0.25) is 10.0 Å². The first-order valence-electron chi connectivity index (χ1n) is 7.96. The van der Waals surface area contributed by atoms with Crippen LogP contribution in [0, 0.1) is 6.92 Å². The van der Waals surface area contributed by atoms with Crippen LogP contribution >= 0.6 is 0 Å². The molecular weight excluding hydrogens is 362 g/mol. The molecule has 144 valence electrons. The lowest BCUT2D eigenvalue weighted by Crippen LogP contribution is -2.42. The number of amides is 3.